The zero-order valence-corrected chi connectivity index (χ0v) is 13.8. The van der Waals surface area contributed by atoms with Crippen molar-refractivity contribution in [3.63, 3.8) is 0 Å². The van der Waals surface area contributed by atoms with E-state index in [0.29, 0.717) is 17.6 Å². The fourth-order valence-electron chi connectivity index (χ4n) is 3.38. The molecule has 0 atom stereocenters. The molecule has 0 fully saturated rings. The first kappa shape index (κ1) is 14.8. The predicted octanol–water partition coefficient (Wildman–Crippen LogP) is 2.65. The number of aromatic nitrogens is 4. The van der Waals surface area contributed by atoms with Crippen molar-refractivity contribution in [2.45, 2.75) is 6.54 Å². The zero-order valence-electron chi connectivity index (χ0n) is 13.8. The summed E-state index contributed by atoms with van der Waals surface area (Å²) >= 11 is 0. The largest absolute Gasteiger partial charge is 0.325 e. The SMILES string of the molecule is NCc1ccc(-n2c(=O)c3ccccc3c3nc4ccccn4c32)cn1. The van der Waals surface area contributed by atoms with Crippen LogP contribution in [-0.4, -0.2) is 18.9 Å². The van der Waals surface area contributed by atoms with Crippen LogP contribution in [0.3, 0.4) is 0 Å². The minimum absolute atomic E-state index is 0.0962. The molecule has 0 saturated heterocycles. The summed E-state index contributed by atoms with van der Waals surface area (Å²) in [6.07, 6.45) is 3.59. The van der Waals surface area contributed by atoms with E-state index >= 15 is 0 Å². The number of imidazole rings is 1. The van der Waals surface area contributed by atoms with Gasteiger partial charge < -0.3 is 5.73 Å². The van der Waals surface area contributed by atoms with E-state index in [4.69, 9.17) is 10.7 Å². The summed E-state index contributed by atoms with van der Waals surface area (Å²) in [6, 6.07) is 17.1. The maximum atomic E-state index is 13.3. The Kier molecular flexibility index (Phi) is 3.13. The predicted molar refractivity (Wildman–Crippen MR) is 101 cm³/mol. The maximum Gasteiger partial charge on any atom is 0.264 e. The van der Waals surface area contributed by atoms with Crippen molar-refractivity contribution in [3.8, 4) is 5.69 Å². The average Bonchev–Trinajstić information content (AvgIpc) is 3.08. The molecule has 4 aromatic heterocycles. The second-order valence-electron chi connectivity index (χ2n) is 6.11. The molecule has 0 bridgehead atoms. The van der Waals surface area contributed by atoms with E-state index in [2.05, 4.69) is 4.98 Å². The van der Waals surface area contributed by atoms with Crippen LogP contribution < -0.4 is 11.3 Å². The van der Waals surface area contributed by atoms with Crippen LogP contribution >= 0.6 is 0 Å². The molecule has 6 nitrogen and oxygen atoms in total. The fraction of sp³-hybridized carbons (Fsp3) is 0.0500. The van der Waals surface area contributed by atoms with Crippen molar-refractivity contribution < 1.29 is 0 Å². The van der Waals surface area contributed by atoms with Crippen LogP contribution in [0.1, 0.15) is 5.69 Å². The lowest BCUT2D eigenvalue weighted by atomic mass is 10.1. The highest BCUT2D eigenvalue weighted by atomic mass is 16.1. The molecule has 0 aliphatic heterocycles. The summed E-state index contributed by atoms with van der Waals surface area (Å²) in [5, 5.41) is 1.48. The highest BCUT2D eigenvalue weighted by Crippen LogP contribution is 2.25. The Morgan fingerprint density at radius 2 is 1.77 bits per heavy atom. The van der Waals surface area contributed by atoms with Crippen LogP contribution in [0.2, 0.25) is 0 Å². The van der Waals surface area contributed by atoms with Crippen LogP contribution in [0.25, 0.3) is 33.3 Å². The van der Waals surface area contributed by atoms with Gasteiger partial charge in [-0.15, -0.1) is 0 Å². The molecule has 0 spiro atoms. The Labute approximate surface area is 148 Å². The third kappa shape index (κ3) is 1.99. The number of pyridine rings is 3. The average molecular weight is 341 g/mol. The van der Waals surface area contributed by atoms with Gasteiger partial charge in [-0.3, -0.25) is 18.7 Å². The first-order valence-corrected chi connectivity index (χ1v) is 8.34. The Balaban J connectivity index is 2.02. The standard InChI is InChI=1S/C20H15N5O/c21-11-13-8-9-14(12-22-13)25-19-18(23-17-7-3-4-10-24(17)19)15-5-1-2-6-16(15)20(25)26/h1-10,12H,11,21H2. The van der Waals surface area contributed by atoms with Gasteiger partial charge in [-0.05, 0) is 30.3 Å². The van der Waals surface area contributed by atoms with Gasteiger partial charge in [0.1, 0.15) is 11.2 Å². The highest BCUT2D eigenvalue weighted by Gasteiger charge is 2.17. The van der Waals surface area contributed by atoms with Crippen molar-refractivity contribution in [1.29, 1.82) is 0 Å². The molecule has 6 heteroatoms. The second-order valence-corrected chi connectivity index (χ2v) is 6.11. The van der Waals surface area contributed by atoms with Crippen LogP contribution in [-0.2, 0) is 6.54 Å². The molecule has 126 valence electrons. The topological polar surface area (TPSA) is 78.2 Å². The molecular formula is C20H15N5O. The van der Waals surface area contributed by atoms with Gasteiger partial charge in [0.05, 0.1) is 17.6 Å². The number of benzene rings is 1. The molecule has 0 aliphatic carbocycles. The van der Waals surface area contributed by atoms with E-state index in [-0.39, 0.29) is 5.56 Å². The van der Waals surface area contributed by atoms with E-state index in [1.54, 1.807) is 10.8 Å². The van der Waals surface area contributed by atoms with E-state index in [1.165, 1.54) is 0 Å². The molecule has 0 radical (unpaired) electrons. The number of nitrogens with zero attached hydrogens (tertiary/aromatic N) is 4. The maximum absolute atomic E-state index is 13.3. The lowest BCUT2D eigenvalue weighted by molar-refractivity contribution is 0.956. The first-order valence-electron chi connectivity index (χ1n) is 8.34. The molecule has 26 heavy (non-hydrogen) atoms. The summed E-state index contributed by atoms with van der Waals surface area (Å²) in [4.78, 5) is 22.4. The minimum atomic E-state index is -0.0962. The summed E-state index contributed by atoms with van der Waals surface area (Å²) < 4.78 is 3.60. The van der Waals surface area contributed by atoms with E-state index in [0.717, 1.165) is 27.9 Å². The first-order chi connectivity index (χ1) is 12.8. The molecule has 5 rings (SSSR count). The molecule has 2 N–H and O–H groups in total. The summed E-state index contributed by atoms with van der Waals surface area (Å²) in [7, 11) is 0. The number of nitrogens with two attached hydrogens (primary N) is 1. The zero-order chi connectivity index (χ0) is 17.7. The third-order valence-corrected chi connectivity index (χ3v) is 4.61. The van der Waals surface area contributed by atoms with Crippen molar-refractivity contribution in [2.75, 3.05) is 0 Å². The molecule has 0 saturated carbocycles. The van der Waals surface area contributed by atoms with Crippen LogP contribution in [0, 0.1) is 0 Å². The molecule has 0 aliphatic rings. The molecule has 4 heterocycles. The van der Waals surface area contributed by atoms with E-state index in [9.17, 15) is 4.79 Å². The van der Waals surface area contributed by atoms with Crippen molar-refractivity contribution in [1.82, 2.24) is 18.9 Å². The van der Waals surface area contributed by atoms with Gasteiger partial charge in [0.2, 0.25) is 0 Å². The van der Waals surface area contributed by atoms with Crippen molar-refractivity contribution >= 4 is 27.6 Å². The Morgan fingerprint density at radius 1 is 0.962 bits per heavy atom. The summed E-state index contributed by atoms with van der Waals surface area (Å²) in [6.45, 7) is 0.359. The van der Waals surface area contributed by atoms with Gasteiger partial charge in [-0.25, -0.2) is 4.98 Å². The van der Waals surface area contributed by atoms with Gasteiger partial charge in [0, 0.05) is 23.5 Å². The summed E-state index contributed by atoms with van der Waals surface area (Å²) in [5.41, 5.74) is 9.32. The van der Waals surface area contributed by atoms with Crippen molar-refractivity contribution in [3.05, 3.63) is 83.0 Å². The smallest absolute Gasteiger partial charge is 0.264 e. The summed E-state index contributed by atoms with van der Waals surface area (Å²) in [5.74, 6) is 0. The van der Waals surface area contributed by atoms with E-state index in [1.807, 2.05) is 65.2 Å². The molecule has 1 aromatic carbocycles. The minimum Gasteiger partial charge on any atom is -0.325 e. The lowest BCUT2D eigenvalue weighted by Crippen LogP contribution is -2.20. The number of rotatable bonds is 2. The molecule has 0 amide bonds. The van der Waals surface area contributed by atoms with Crippen molar-refractivity contribution in [2.24, 2.45) is 5.73 Å². The lowest BCUT2D eigenvalue weighted by Gasteiger charge is -2.11. The van der Waals surface area contributed by atoms with Gasteiger partial charge in [-0.1, -0.05) is 24.3 Å². The fourth-order valence-corrected chi connectivity index (χ4v) is 3.38. The number of hydrogen-bond donors (Lipinski definition) is 1. The Hall–Kier alpha value is -3.51. The monoisotopic (exact) mass is 341 g/mol. The van der Waals surface area contributed by atoms with E-state index < -0.39 is 0 Å². The third-order valence-electron chi connectivity index (χ3n) is 4.61. The second kappa shape index (κ2) is 5.50. The van der Waals surface area contributed by atoms with Gasteiger partial charge in [-0.2, -0.15) is 0 Å². The number of hydrogen-bond acceptors (Lipinski definition) is 4. The van der Waals surface area contributed by atoms with Crippen LogP contribution in [0.5, 0.6) is 0 Å². The number of fused-ring (bicyclic) bond motifs is 5. The van der Waals surface area contributed by atoms with Gasteiger partial charge in [0.25, 0.3) is 5.56 Å². The molecule has 5 aromatic rings. The van der Waals surface area contributed by atoms with Gasteiger partial charge in [0.15, 0.2) is 5.65 Å². The van der Waals surface area contributed by atoms with Crippen LogP contribution in [0.15, 0.2) is 71.8 Å². The molecular weight excluding hydrogens is 326 g/mol. The molecule has 0 unspecified atom stereocenters. The van der Waals surface area contributed by atoms with Crippen LogP contribution in [0.4, 0.5) is 0 Å². The normalized spacial score (nSPS) is 11.6. The van der Waals surface area contributed by atoms with Gasteiger partial charge >= 0.3 is 0 Å². The highest BCUT2D eigenvalue weighted by molar-refractivity contribution is 6.04. The quantitative estimate of drug-likeness (QED) is 0.535. The Morgan fingerprint density at radius 3 is 2.54 bits per heavy atom. The Bertz CT molecular complexity index is 1330.